The molecule has 0 saturated carbocycles. The van der Waals surface area contributed by atoms with E-state index in [2.05, 4.69) is 15.5 Å². The number of aromatic nitrogens is 3. The third kappa shape index (κ3) is 4.39. The molecular formula is C22H16ClN5O. The summed E-state index contributed by atoms with van der Waals surface area (Å²) in [5, 5.41) is 9.44. The molecule has 1 amide bonds. The lowest BCUT2D eigenvalue weighted by molar-refractivity contribution is 0.0955. The molecule has 0 aliphatic heterocycles. The Morgan fingerprint density at radius 3 is 2.55 bits per heavy atom. The van der Waals surface area contributed by atoms with Crippen LogP contribution in [0.3, 0.4) is 0 Å². The van der Waals surface area contributed by atoms with Gasteiger partial charge < -0.3 is 0 Å². The van der Waals surface area contributed by atoms with Crippen molar-refractivity contribution in [1.29, 1.82) is 0 Å². The van der Waals surface area contributed by atoms with E-state index < -0.39 is 0 Å². The standard InChI is InChI=1S/C22H16ClN5O/c23-19-10-8-16(9-11-19)21-18(15-28(27-21)20-6-2-1-3-7-20)14-25-26-22(29)17-5-4-12-24-13-17/h1-15H,(H,26,29)/b25-14-. The fourth-order valence-corrected chi connectivity index (χ4v) is 2.87. The van der Waals surface area contributed by atoms with Gasteiger partial charge in [-0.05, 0) is 36.4 Å². The van der Waals surface area contributed by atoms with E-state index in [1.807, 2.05) is 60.8 Å². The highest BCUT2D eigenvalue weighted by molar-refractivity contribution is 6.30. The molecule has 0 saturated heterocycles. The fraction of sp³-hybridized carbons (Fsp3) is 0. The minimum atomic E-state index is -0.335. The van der Waals surface area contributed by atoms with Crippen LogP contribution in [0.4, 0.5) is 0 Å². The monoisotopic (exact) mass is 401 g/mol. The summed E-state index contributed by atoms with van der Waals surface area (Å²) in [4.78, 5) is 16.1. The van der Waals surface area contributed by atoms with Crippen LogP contribution >= 0.6 is 11.6 Å². The first kappa shape index (κ1) is 18.6. The predicted octanol–water partition coefficient (Wildman–Crippen LogP) is 4.35. The Labute approximate surface area is 172 Å². The topological polar surface area (TPSA) is 72.2 Å². The number of hydrogen-bond acceptors (Lipinski definition) is 4. The van der Waals surface area contributed by atoms with Gasteiger partial charge in [0.15, 0.2) is 0 Å². The number of amides is 1. The number of nitrogens with one attached hydrogen (secondary N) is 1. The van der Waals surface area contributed by atoms with Gasteiger partial charge in [-0.1, -0.05) is 41.9 Å². The minimum Gasteiger partial charge on any atom is -0.267 e. The Kier molecular flexibility index (Phi) is 5.45. The maximum atomic E-state index is 12.2. The second-order valence-corrected chi connectivity index (χ2v) is 6.60. The Bertz CT molecular complexity index is 1140. The average Bonchev–Trinajstić information content (AvgIpc) is 3.19. The second-order valence-electron chi connectivity index (χ2n) is 6.16. The number of hydrazone groups is 1. The van der Waals surface area contributed by atoms with E-state index in [-0.39, 0.29) is 5.91 Å². The second kappa shape index (κ2) is 8.50. The van der Waals surface area contributed by atoms with Crippen LogP contribution in [0.2, 0.25) is 5.02 Å². The number of carbonyl (C=O) groups is 1. The van der Waals surface area contributed by atoms with Gasteiger partial charge in [-0.25, -0.2) is 10.1 Å². The van der Waals surface area contributed by atoms with Gasteiger partial charge in [0, 0.05) is 34.7 Å². The molecule has 2 heterocycles. The molecule has 0 aliphatic rings. The molecule has 0 spiro atoms. The first-order chi connectivity index (χ1) is 14.2. The lowest BCUT2D eigenvalue weighted by Crippen LogP contribution is -2.17. The van der Waals surface area contributed by atoms with Gasteiger partial charge in [-0.3, -0.25) is 9.78 Å². The summed E-state index contributed by atoms with van der Waals surface area (Å²) in [6.45, 7) is 0. The van der Waals surface area contributed by atoms with Crippen LogP contribution in [0, 0.1) is 0 Å². The molecule has 0 fully saturated rings. The fourth-order valence-electron chi connectivity index (χ4n) is 2.75. The third-order valence-electron chi connectivity index (χ3n) is 4.17. The number of nitrogens with zero attached hydrogens (tertiary/aromatic N) is 4. The maximum absolute atomic E-state index is 12.2. The molecule has 4 rings (SSSR count). The van der Waals surface area contributed by atoms with Crippen molar-refractivity contribution in [2.75, 3.05) is 0 Å². The molecule has 4 aromatic rings. The number of pyridine rings is 1. The summed E-state index contributed by atoms with van der Waals surface area (Å²) >= 11 is 6.01. The van der Waals surface area contributed by atoms with Gasteiger partial charge in [0.25, 0.3) is 5.91 Å². The Morgan fingerprint density at radius 2 is 1.83 bits per heavy atom. The average molecular weight is 402 g/mol. The van der Waals surface area contributed by atoms with Crippen LogP contribution in [0.5, 0.6) is 0 Å². The van der Waals surface area contributed by atoms with E-state index >= 15 is 0 Å². The van der Waals surface area contributed by atoms with E-state index in [1.165, 1.54) is 6.20 Å². The third-order valence-corrected chi connectivity index (χ3v) is 4.43. The number of rotatable bonds is 5. The quantitative estimate of drug-likeness (QED) is 0.399. The van der Waals surface area contributed by atoms with Crippen molar-refractivity contribution < 1.29 is 4.79 Å². The van der Waals surface area contributed by atoms with E-state index in [0.29, 0.717) is 10.6 Å². The molecule has 1 N–H and O–H groups in total. The summed E-state index contributed by atoms with van der Waals surface area (Å²) in [5.74, 6) is -0.335. The van der Waals surface area contributed by atoms with E-state index in [0.717, 1.165) is 22.5 Å². The molecule has 0 aliphatic carbocycles. The van der Waals surface area contributed by atoms with Crippen molar-refractivity contribution in [2.45, 2.75) is 0 Å². The van der Waals surface area contributed by atoms with Crippen LogP contribution in [0.15, 0.2) is 90.4 Å². The molecule has 29 heavy (non-hydrogen) atoms. The van der Waals surface area contributed by atoms with Crippen molar-refractivity contribution in [3.63, 3.8) is 0 Å². The first-order valence-electron chi connectivity index (χ1n) is 8.85. The van der Waals surface area contributed by atoms with Gasteiger partial charge in [-0.15, -0.1) is 0 Å². The molecule has 0 bridgehead atoms. The van der Waals surface area contributed by atoms with Crippen LogP contribution in [0.25, 0.3) is 16.9 Å². The highest BCUT2D eigenvalue weighted by Crippen LogP contribution is 2.24. The molecule has 0 unspecified atom stereocenters. The zero-order valence-electron chi connectivity index (χ0n) is 15.2. The number of carbonyl (C=O) groups excluding carboxylic acids is 1. The van der Waals surface area contributed by atoms with Gasteiger partial charge in [0.2, 0.25) is 0 Å². The van der Waals surface area contributed by atoms with Crippen molar-refractivity contribution in [1.82, 2.24) is 20.2 Å². The van der Waals surface area contributed by atoms with Crippen molar-refractivity contribution in [3.8, 4) is 16.9 Å². The number of halogens is 1. The molecule has 2 aromatic carbocycles. The van der Waals surface area contributed by atoms with Crippen LogP contribution in [0.1, 0.15) is 15.9 Å². The molecule has 7 heteroatoms. The zero-order valence-corrected chi connectivity index (χ0v) is 16.0. The number of para-hydroxylation sites is 1. The van der Waals surface area contributed by atoms with Crippen LogP contribution in [-0.4, -0.2) is 26.9 Å². The molecular weight excluding hydrogens is 386 g/mol. The molecule has 0 atom stereocenters. The Morgan fingerprint density at radius 1 is 1.03 bits per heavy atom. The maximum Gasteiger partial charge on any atom is 0.272 e. The smallest absolute Gasteiger partial charge is 0.267 e. The highest BCUT2D eigenvalue weighted by atomic mass is 35.5. The zero-order chi connectivity index (χ0) is 20.1. The van der Waals surface area contributed by atoms with Crippen molar-refractivity contribution >= 4 is 23.7 Å². The summed E-state index contributed by atoms with van der Waals surface area (Å²) in [7, 11) is 0. The van der Waals surface area contributed by atoms with Crippen molar-refractivity contribution in [3.05, 3.63) is 101 Å². The van der Waals surface area contributed by atoms with E-state index in [9.17, 15) is 4.79 Å². The summed E-state index contributed by atoms with van der Waals surface area (Å²) in [6, 6.07) is 20.5. The normalized spacial score (nSPS) is 10.9. The molecule has 6 nitrogen and oxygen atoms in total. The largest absolute Gasteiger partial charge is 0.272 e. The first-order valence-corrected chi connectivity index (χ1v) is 9.23. The minimum absolute atomic E-state index is 0.335. The number of hydrogen-bond donors (Lipinski definition) is 1. The lowest BCUT2D eigenvalue weighted by Gasteiger charge is -2.01. The molecule has 2 aromatic heterocycles. The number of benzene rings is 2. The van der Waals surface area contributed by atoms with Gasteiger partial charge in [-0.2, -0.15) is 10.2 Å². The van der Waals surface area contributed by atoms with E-state index in [1.54, 1.807) is 29.2 Å². The summed E-state index contributed by atoms with van der Waals surface area (Å²) in [5.41, 5.74) is 6.24. The highest BCUT2D eigenvalue weighted by Gasteiger charge is 2.11. The van der Waals surface area contributed by atoms with Gasteiger partial charge >= 0.3 is 0 Å². The van der Waals surface area contributed by atoms with Crippen LogP contribution in [-0.2, 0) is 0 Å². The SMILES string of the molecule is O=C(N/N=C\c1cn(-c2ccccc2)nc1-c1ccc(Cl)cc1)c1cccnc1. The molecule has 142 valence electrons. The molecule has 0 radical (unpaired) electrons. The summed E-state index contributed by atoms with van der Waals surface area (Å²) in [6.07, 6.45) is 6.53. The van der Waals surface area contributed by atoms with E-state index in [4.69, 9.17) is 16.7 Å². The summed E-state index contributed by atoms with van der Waals surface area (Å²) < 4.78 is 1.77. The predicted molar refractivity (Wildman–Crippen MR) is 113 cm³/mol. The van der Waals surface area contributed by atoms with Crippen LogP contribution < -0.4 is 5.43 Å². The van der Waals surface area contributed by atoms with Crippen molar-refractivity contribution in [2.24, 2.45) is 5.10 Å². The van der Waals surface area contributed by atoms with Gasteiger partial charge in [0.05, 0.1) is 17.5 Å². The Hall–Kier alpha value is -3.77. The van der Waals surface area contributed by atoms with Gasteiger partial charge in [0.1, 0.15) is 5.69 Å². The Balaban J connectivity index is 1.64. The lowest BCUT2D eigenvalue weighted by atomic mass is 10.1.